The molecule has 2 amide bonds. The van der Waals surface area contributed by atoms with E-state index < -0.39 is 80.6 Å². The highest BCUT2D eigenvalue weighted by Gasteiger charge is 2.42. The van der Waals surface area contributed by atoms with Crippen LogP contribution in [0.1, 0.15) is 102 Å². The summed E-state index contributed by atoms with van der Waals surface area (Å²) >= 11 is 0. The minimum Gasteiger partial charge on any atom is -0.344 e. The summed E-state index contributed by atoms with van der Waals surface area (Å²) in [5.41, 5.74) is 2.42. The number of hydroxylamine groups is 2. The van der Waals surface area contributed by atoms with E-state index >= 15 is 0 Å². The molecule has 0 spiro atoms. The van der Waals surface area contributed by atoms with E-state index in [1.807, 2.05) is 20.8 Å². The first-order valence-electron chi connectivity index (χ1n) is 19.9. The second kappa shape index (κ2) is 18.9. The molecular formula is C41H50N2O16S4. The molecule has 1 atom stereocenters. The van der Waals surface area contributed by atoms with Gasteiger partial charge in [0.2, 0.25) is 0 Å². The number of benzene rings is 2. The summed E-state index contributed by atoms with van der Waals surface area (Å²) in [4.78, 5) is 42.2. The summed E-state index contributed by atoms with van der Waals surface area (Å²) in [6.45, 7) is 5.63. The second-order valence-electron chi connectivity index (χ2n) is 16.3. The quantitative estimate of drug-likeness (QED) is 0.0551. The Labute approximate surface area is 367 Å². The van der Waals surface area contributed by atoms with E-state index in [2.05, 4.69) is 0 Å². The van der Waals surface area contributed by atoms with Crippen molar-refractivity contribution in [1.29, 1.82) is 0 Å². The Balaban J connectivity index is 1.47. The molecule has 5 rings (SSSR count). The number of hydrogen-bond acceptors (Lipinski definition) is 13. The van der Waals surface area contributed by atoms with Crippen LogP contribution in [0.15, 0.2) is 87.8 Å². The number of allylic oxidation sites excluding steroid dienone is 8. The van der Waals surface area contributed by atoms with Gasteiger partial charge in [-0.1, -0.05) is 64.0 Å². The van der Waals surface area contributed by atoms with Gasteiger partial charge in [0.25, 0.3) is 52.3 Å². The first-order valence-corrected chi connectivity index (χ1v) is 26.0. The molecule has 0 saturated carbocycles. The Morgan fingerprint density at radius 3 is 1.92 bits per heavy atom. The van der Waals surface area contributed by atoms with E-state index in [1.165, 1.54) is 36.4 Å². The predicted octanol–water partition coefficient (Wildman–Crippen LogP) is 5.50. The van der Waals surface area contributed by atoms with Crippen LogP contribution in [-0.4, -0.2) is 92.8 Å². The number of fused-ring (bicyclic) bond motifs is 2. The molecule has 344 valence electrons. The van der Waals surface area contributed by atoms with Crippen LogP contribution in [0.25, 0.3) is 5.57 Å². The fourth-order valence-corrected chi connectivity index (χ4v) is 10.4. The Morgan fingerprint density at radius 2 is 1.32 bits per heavy atom. The van der Waals surface area contributed by atoms with Gasteiger partial charge in [0.05, 0.1) is 21.3 Å². The highest BCUT2D eigenvalue weighted by molar-refractivity contribution is 7.86. The molecule has 63 heavy (non-hydrogen) atoms. The van der Waals surface area contributed by atoms with Gasteiger partial charge in [-0.05, 0) is 96.3 Å². The Bertz CT molecular complexity index is 2740. The average Bonchev–Trinajstić information content (AvgIpc) is 3.68. The van der Waals surface area contributed by atoms with Crippen molar-refractivity contribution in [2.24, 2.45) is 0 Å². The third-order valence-corrected chi connectivity index (χ3v) is 14.7. The lowest BCUT2D eigenvalue weighted by Crippen LogP contribution is -2.31. The zero-order valence-electron chi connectivity index (χ0n) is 34.8. The lowest BCUT2D eigenvalue weighted by Gasteiger charge is -2.29. The molecule has 3 aliphatic rings. The van der Waals surface area contributed by atoms with Gasteiger partial charge in [-0.25, -0.2) is 4.79 Å². The first-order chi connectivity index (χ1) is 29.1. The minimum absolute atomic E-state index is 0.00943. The summed E-state index contributed by atoms with van der Waals surface area (Å²) in [5, 5.41) is 0.475. The largest absolute Gasteiger partial charge is 0.344 e. The van der Waals surface area contributed by atoms with Crippen molar-refractivity contribution in [1.82, 2.24) is 5.06 Å². The molecule has 0 bridgehead atoms. The van der Waals surface area contributed by atoms with Gasteiger partial charge in [0.1, 0.15) is 0 Å². The maximum Gasteiger partial charge on any atom is 0.333 e. The smallest absolute Gasteiger partial charge is 0.333 e. The highest BCUT2D eigenvalue weighted by atomic mass is 32.2. The van der Waals surface area contributed by atoms with E-state index in [9.17, 15) is 66.3 Å². The van der Waals surface area contributed by atoms with Crippen molar-refractivity contribution < 1.29 is 71.1 Å². The van der Waals surface area contributed by atoms with Crippen molar-refractivity contribution in [2.75, 3.05) is 23.0 Å². The number of hydrogen-bond donors (Lipinski definition) is 4. The molecule has 1 saturated heterocycles. The van der Waals surface area contributed by atoms with Crippen LogP contribution in [0.2, 0.25) is 0 Å². The van der Waals surface area contributed by atoms with Gasteiger partial charge in [-0.2, -0.15) is 33.7 Å². The maximum absolute atomic E-state index is 12.4. The summed E-state index contributed by atoms with van der Waals surface area (Å²) in [6, 6.07) is 8.21. The van der Waals surface area contributed by atoms with Crippen LogP contribution >= 0.6 is 0 Å². The van der Waals surface area contributed by atoms with Crippen LogP contribution in [0, 0.1) is 0 Å². The van der Waals surface area contributed by atoms with Crippen LogP contribution < -0.4 is 4.90 Å². The number of carbonyl (C=O) groups is 3. The fraction of sp³-hybridized carbons (Fsp3) is 0.439. The zero-order chi connectivity index (χ0) is 46.8. The Hall–Kier alpha value is -4.55. The van der Waals surface area contributed by atoms with Gasteiger partial charge >= 0.3 is 5.97 Å². The molecule has 4 N–H and O–H groups in total. The number of anilines is 1. The lowest BCUT2D eigenvalue weighted by atomic mass is 9.74. The molecule has 1 fully saturated rings. The van der Waals surface area contributed by atoms with Crippen molar-refractivity contribution in [3.8, 4) is 0 Å². The molecule has 0 aromatic heterocycles. The van der Waals surface area contributed by atoms with Gasteiger partial charge in [-0.3, -0.25) is 27.8 Å². The molecule has 0 radical (unpaired) electrons. The maximum atomic E-state index is 12.4. The Morgan fingerprint density at radius 1 is 0.730 bits per heavy atom. The number of carbonyl (C=O) groups excluding carboxylic acids is 3. The van der Waals surface area contributed by atoms with Crippen molar-refractivity contribution in [3.05, 3.63) is 94.7 Å². The second-order valence-corrected chi connectivity index (χ2v) is 22.3. The third kappa shape index (κ3) is 12.0. The van der Waals surface area contributed by atoms with E-state index in [0.717, 1.165) is 0 Å². The Kier molecular flexibility index (Phi) is 14.8. The summed E-state index contributed by atoms with van der Waals surface area (Å²) in [5.74, 6) is -3.03. The fourth-order valence-electron chi connectivity index (χ4n) is 8.33. The zero-order valence-corrected chi connectivity index (χ0v) is 38.0. The number of imide groups is 1. The number of nitrogens with zero attached hydrogens (tertiary/aromatic N) is 2. The van der Waals surface area contributed by atoms with E-state index in [-0.39, 0.29) is 54.9 Å². The topological polar surface area (TPSA) is 284 Å². The highest BCUT2D eigenvalue weighted by Crippen LogP contribution is 2.52. The number of rotatable bonds is 20. The van der Waals surface area contributed by atoms with E-state index in [1.54, 1.807) is 35.3 Å². The summed E-state index contributed by atoms with van der Waals surface area (Å²) in [7, 11) is -17.8. The molecule has 22 heteroatoms. The van der Waals surface area contributed by atoms with Crippen LogP contribution in [0.3, 0.4) is 0 Å². The summed E-state index contributed by atoms with van der Waals surface area (Å²) < 4.78 is 134. The van der Waals surface area contributed by atoms with Crippen LogP contribution in [-0.2, 0) is 70.5 Å². The normalized spacial score (nSPS) is 19.9. The van der Waals surface area contributed by atoms with Crippen molar-refractivity contribution >= 4 is 69.5 Å². The van der Waals surface area contributed by atoms with Gasteiger partial charge in [-0.15, -0.1) is 5.06 Å². The number of unbranched alkanes of at least 4 members (excludes halogenated alkanes) is 2. The van der Waals surface area contributed by atoms with E-state index in [0.29, 0.717) is 70.0 Å². The molecular weight excluding hydrogens is 905 g/mol. The first kappa shape index (κ1) is 49.5. The van der Waals surface area contributed by atoms with Gasteiger partial charge in [0.15, 0.2) is 0 Å². The van der Waals surface area contributed by atoms with Crippen molar-refractivity contribution in [3.63, 3.8) is 0 Å². The molecule has 2 aromatic rings. The van der Waals surface area contributed by atoms with Gasteiger partial charge in [0, 0.05) is 48.0 Å². The molecule has 2 heterocycles. The lowest BCUT2D eigenvalue weighted by molar-refractivity contribution is -0.197. The molecule has 1 aliphatic carbocycles. The monoisotopic (exact) mass is 954 g/mol. The molecule has 18 nitrogen and oxygen atoms in total. The van der Waals surface area contributed by atoms with Crippen molar-refractivity contribution in [2.45, 2.75) is 106 Å². The molecule has 1 unspecified atom stereocenters. The van der Waals surface area contributed by atoms with E-state index in [4.69, 9.17) is 4.84 Å². The number of amides is 2. The minimum atomic E-state index is -4.65. The predicted molar refractivity (Wildman–Crippen MR) is 230 cm³/mol. The van der Waals surface area contributed by atoms with Crippen LogP contribution in [0.4, 0.5) is 5.69 Å². The molecule has 2 aromatic carbocycles. The van der Waals surface area contributed by atoms with Gasteiger partial charge < -0.3 is 9.74 Å². The average molecular weight is 955 g/mol. The SMILES string of the molecule is CC1(CCCCCC(=O)ON2C(=O)CCC2=O)C(/C=C/C=C/C=C2/N(CCCS(=O)(=O)O)c3ccc(S(=O)(=O)O)cc3C2(C)C)=C(CCCS(=O)(=O)O)c2ccc(S(=O)(=O)O)cc21. The van der Waals surface area contributed by atoms with Crippen LogP contribution in [0.5, 0.6) is 0 Å². The third-order valence-electron chi connectivity index (χ3n) is 11.4. The molecule has 2 aliphatic heterocycles. The summed E-state index contributed by atoms with van der Waals surface area (Å²) in [6.07, 6.45) is 10.2. The standard InChI is InChI=1S/C41H50N2O16S4/c1-40(2)34-27-29(63(56,57)58)17-19-35(34)42(23-11-25-61(50,51)52)36(40)14-7-4-6-13-32-30(12-10-24-60(47,48)49)31-18-16-28(62(53,54)55)26-33(31)41(32,3)22-9-5-8-15-39(46)59-43-37(44)20-21-38(43)45/h4,6-7,13-14,16-19,26-27H,5,8-12,15,20-25H2,1-3H3,(H,47,48,49)(H,50,51,52)(H,53,54,55)(H,56,57,58)/b7-4+,13-6+,36-14+.